The number of aliphatic hydroxyl groups is 1. The summed E-state index contributed by atoms with van der Waals surface area (Å²) in [6.07, 6.45) is -1.50. The first-order valence-corrected chi connectivity index (χ1v) is 6.72. The molecule has 2 N–H and O–H groups in total. The normalized spacial score (nSPS) is 15.6. The van der Waals surface area contributed by atoms with Gasteiger partial charge in [0.15, 0.2) is 11.6 Å². The van der Waals surface area contributed by atoms with Crippen LogP contribution in [0.25, 0.3) is 0 Å². The number of hydrogen-bond acceptors (Lipinski definition) is 6. The van der Waals surface area contributed by atoms with Crippen molar-refractivity contribution in [2.75, 3.05) is 7.11 Å². The number of benzene rings is 1. The van der Waals surface area contributed by atoms with Gasteiger partial charge in [-0.25, -0.2) is 0 Å². The van der Waals surface area contributed by atoms with Crippen LogP contribution in [0.5, 0.6) is 5.75 Å². The summed E-state index contributed by atoms with van der Waals surface area (Å²) < 4.78 is 4.46. The molecule has 116 valence electrons. The Morgan fingerprint density at radius 3 is 2.59 bits per heavy atom. The van der Waals surface area contributed by atoms with Crippen LogP contribution in [0, 0.1) is 0 Å². The number of rotatable bonds is 4. The molecule has 0 bridgehead atoms. The molecule has 6 heteroatoms. The lowest BCUT2D eigenvalue weighted by molar-refractivity contribution is -0.142. The summed E-state index contributed by atoms with van der Waals surface area (Å²) in [5.41, 5.74) is 0.412. The van der Waals surface area contributed by atoms with Gasteiger partial charge >= 0.3 is 5.97 Å². The van der Waals surface area contributed by atoms with Crippen molar-refractivity contribution in [1.82, 2.24) is 0 Å². The number of methoxy groups -OCH3 is 1. The topological polar surface area (TPSA) is 101 Å². The van der Waals surface area contributed by atoms with Gasteiger partial charge in [-0.3, -0.25) is 14.4 Å². The summed E-state index contributed by atoms with van der Waals surface area (Å²) in [6.45, 7) is 1.47. The van der Waals surface area contributed by atoms with E-state index in [0.717, 1.165) is 0 Å². The highest BCUT2D eigenvalue weighted by molar-refractivity contribution is 6.27. The number of carbonyl (C=O) groups is 3. The summed E-state index contributed by atoms with van der Waals surface area (Å²) in [6, 6.07) is 4.27. The molecule has 0 saturated heterocycles. The second-order valence-corrected chi connectivity index (χ2v) is 5.10. The van der Waals surface area contributed by atoms with E-state index in [-0.39, 0.29) is 40.9 Å². The Labute approximate surface area is 127 Å². The Balaban J connectivity index is 2.34. The maximum absolute atomic E-state index is 12.5. The van der Waals surface area contributed by atoms with Crippen molar-refractivity contribution in [3.63, 3.8) is 0 Å². The zero-order valence-electron chi connectivity index (χ0n) is 12.3. The Morgan fingerprint density at radius 1 is 1.27 bits per heavy atom. The number of fused-ring (bicyclic) bond motifs is 1. The van der Waals surface area contributed by atoms with Crippen molar-refractivity contribution in [3.05, 3.63) is 40.5 Å². The highest BCUT2D eigenvalue weighted by Gasteiger charge is 2.33. The summed E-state index contributed by atoms with van der Waals surface area (Å²) in [5, 5.41) is 19.7. The van der Waals surface area contributed by atoms with Crippen LogP contribution in [0.3, 0.4) is 0 Å². The van der Waals surface area contributed by atoms with Crippen molar-refractivity contribution in [2.24, 2.45) is 0 Å². The molecule has 6 nitrogen and oxygen atoms in total. The number of phenols is 1. The number of Topliss-reactive ketones (excluding diaryl/α,β-unsaturated/α-hetero) is 2. The highest BCUT2D eigenvalue weighted by Crippen LogP contribution is 2.33. The Bertz CT molecular complexity index is 686. The highest BCUT2D eigenvalue weighted by atomic mass is 16.5. The zero-order valence-corrected chi connectivity index (χ0v) is 12.3. The van der Waals surface area contributed by atoms with Gasteiger partial charge in [0.05, 0.1) is 25.2 Å². The van der Waals surface area contributed by atoms with E-state index in [2.05, 4.69) is 4.74 Å². The molecule has 0 aliphatic heterocycles. The van der Waals surface area contributed by atoms with E-state index < -0.39 is 23.6 Å². The lowest BCUT2D eigenvalue weighted by Gasteiger charge is -2.21. The van der Waals surface area contributed by atoms with Crippen LogP contribution >= 0.6 is 0 Å². The predicted molar refractivity (Wildman–Crippen MR) is 76.7 cm³/mol. The summed E-state index contributed by atoms with van der Waals surface area (Å²) in [4.78, 5) is 35.9. The van der Waals surface area contributed by atoms with Crippen LogP contribution in [-0.4, -0.2) is 41.0 Å². The van der Waals surface area contributed by atoms with Crippen molar-refractivity contribution in [2.45, 2.75) is 25.9 Å². The molecule has 22 heavy (non-hydrogen) atoms. The minimum Gasteiger partial charge on any atom is -0.507 e. The number of carbonyl (C=O) groups excluding carboxylic acids is 3. The molecule has 1 aliphatic carbocycles. The summed E-state index contributed by atoms with van der Waals surface area (Å²) in [5.74, 6) is -1.72. The number of allylic oxidation sites excluding steroid dienone is 1. The molecule has 0 heterocycles. The van der Waals surface area contributed by atoms with Crippen LogP contribution in [0.4, 0.5) is 0 Å². The van der Waals surface area contributed by atoms with Crippen molar-refractivity contribution in [1.29, 1.82) is 0 Å². The SMILES string of the molecule is COC(=O)C[C@@H](O)CC1=C(C)C(=O)c2c(O)cccc2C1=O. The van der Waals surface area contributed by atoms with E-state index >= 15 is 0 Å². The molecule has 0 spiro atoms. The molecule has 1 atom stereocenters. The second kappa shape index (κ2) is 6.11. The molecule has 2 rings (SSSR count). The van der Waals surface area contributed by atoms with Gasteiger partial charge in [0.2, 0.25) is 0 Å². The minimum absolute atomic E-state index is 0.0174. The molecular formula is C16H16O6. The lowest BCUT2D eigenvalue weighted by atomic mass is 9.82. The number of esters is 1. The van der Waals surface area contributed by atoms with Crippen LogP contribution in [0.1, 0.15) is 40.5 Å². The number of hydrogen-bond donors (Lipinski definition) is 2. The minimum atomic E-state index is -1.12. The fourth-order valence-electron chi connectivity index (χ4n) is 2.45. The maximum atomic E-state index is 12.5. The monoisotopic (exact) mass is 304 g/mol. The quantitative estimate of drug-likeness (QED) is 0.815. The number of phenolic OH excluding ortho intramolecular Hbond substituents is 1. The fourth-order valence-corrected chi connectivity index (χ4v) is 2.45. The standard InChI is InChI=1S/C16H16O6/c1-8-11(6-9(17)7-13(19)22-2)16(21)10-4-3-5-12(18)14(10)15(8)20/h3-5,9,17-18H,6-7H2,1-2H3/t9-/m0/s1. The third-order valence-corrected chi connectivity index (χ3v) is 3.65. The molecule has 0 aromatic heterocycles. The van der Waals surface area contributed by atoms with Gasteiger partial charge in [-0.15, -0.1) is 0 Å². The van der Waals surface area contributed by atoms with Crippen LogP contribution in [0.15, 0.2) is 29.3 Å². The molecule has 1 aromatic carbocycles. The Morgan fingerprint density at radius 2 is 1.95 bits per heavy atom. The maximum Gasteiger partial charge on any atom is 0.308 e. The van der Waals surface area contributed by atoms with E-state index in [4.69, 9.17) is 0 Å². The number of ketones is 2. The Hall–Kier alpha value is -2.47. The molecule has 1 aliphatic rings. The molecular weight excluding hydrogens is 288 g/mol. The third kappa shape index (κ3) is 2.78. The van der Waals surface area contributed by atoms with Gasteiger partial charge in [0.25, 0.3) is 0 Å². The third-order valence-electron chi connectivity index (χ3n) is 3.65. The van der Waals surface area contributed by atoms with Crippen LogP contribution in [0.2, 0.25) is 0 Å². The fraction of sp³-hybridized carbons (Fsp3) is 0.312. The number of ether oxygens (including phenoxy) is 1. The summed E-state index contributed by atoms with van der Waals surface area (Å²) >= 11 is 0. The van der Waals surface area contributed by atoms with E-state index in [1.165, 1.54) is 32.2 Å². The summed E-state index contributed by atoms with van der Waals surface area (Å²) in [7, 11) is 1.20. The zero-order chi connectivity index (χ0) is 16.4. The van der Waals surface area contributed by atoms with Crippen molar-refractivity contribution >= 4 is 17.5 Å². The van der Waals surface area contributed by atoms with Crippen molar-refractivity contribution in [3.8, 4) is 5.75 Å². The molecule has 0 amide bonds. The molecule has 0 unspecified atom stereocenters. The molecule has 0 fully saturated rings. The first-order chi connectivity index (χ1) is 10.4. The average Bonchev–Trinajstić information content (AvgIpc) is 2.49. The van der Waals surface area contributed by atoms with Crippen LogP contribution in [-0.2, 0) is 9.53 Å². The predicted octanol–water partition coefficient (Wildman–Crippen LogP) is 1.40. The van der Waals surface area contributed by atoms with E-state index in [1.807, 2.05) is 0 Å². The average molecular weight is 304 g/mol. The molecule has 1 aromatic rings. The lowest BCUT2D eigenvalue weighted by Crippen LogP contribution is -2.25. The second-order valence-electron chi connectivity index (χ2n) is 5.10. The van der Waals surface area contributed by atoms with Crippen LogP contribution < -0.4 is 0 Å². The van der Waals surface area contributed by atoms with E-state index in [1.54, 1.807) is 0 Å². The van der Waals surface area contributed by atoms with Gasteiger partial charge in [-0.2, -0.15) is 0 Å². The number of aromatic hydroxyl groups is 1. The largest absolute Gasteiger partial charge is 0.507 e. The molecule has 0 saturated carbocycles. The first kappa shape index (κ1) is 15.9. The van der Waals surface area contributed by atoms with Gasteiger partial charge in [-0.1, -0.05) is 12.1 Å². The van der Waals surface area contributed by atoms with E-state index in [0.29, 0.717) is 0 Å². The smallest absolute Gasteiger partial charge is 0.308 e. The van der Waals surface area contributed by atoms with Gasteiger partial charge < -0.3 is 14.9 Å². The van der Waals surface area contributed by atoms with Gasteiger partial charge in [0.1, 0.15) is 5.75 Å². The van der Waals surface area contributed by atoms with Crippen molar-refractivity contribution < 1.29 is 29.3 Å². The van der Waals surface area contributed by atoms with Gasteiger partial charge in [-0.05, 0) is 13.0 Å². The number of aliphatic hydroxyl groups excluding tert-OH is 1. The molecule has 0 radical (unpaired) electrons. The first-order valence-electron chi connectivity index (χ1n) is 6.72. The van der Waals surface area contributed by atoms with Gasteiger partial charge in [0, 0.05) is 23.1 Å². The Kier molecular flexibility index (Phi) is 4.42. The van der Waals surface area contributed by atoms with E-state index in [9.17, 15) is 24.6 Å².